The number of benzene rings is 1. The van der Waals surface area contributed by atoms with Crippen LogP contribution < -0.4 is 0 Å². The smallest absolute Gasteiger partial charge is 0.329 e. The van der Waals surface area contributed by atoms with Crippen molar-refractivity contribution in [3.05, 3.63) is 48.0 Å². The van der Waals surface area contributed by atoms with Crippen LogP contribution in [0.4, 0.5) is 0 Å². The van der Waals surface area contributed by atoms with Crippen molar-refractivity contribution in [2.75, 3.05) is 0 Å². The zero-order valence-corrected chi connectivity index (χ0v) is 14.3. The van der Waals surface area contributed by atoms with Crippen LogP contribution in [0.1, 0.15) is 72.1 Å². The van der Waals surface area contributed by atoms with Gasteiger partial charge < -0.3 is 4.84 Å². The molecule has 1 aromatic carbocycles. The molecule has 1 saturated carbocycles. The van der Waals surface area contributed by atoms with Crippen molar-refractivity contribution in [1.82, 2.24) is 5.06 Å². The maximum Gasteiger partial charge on any atom is 0.339 e. The Morgan fingerprint density at radius 1 is 1.12 bits per heavy atom. The molecule has 0 radical (unpaired) electrons. The first-order chi connectivity index (χ1) is 12.1. The molecule has 1 aromatic rings. The molecule has 1 aliphatic heterocycles. The van der Waals surface area contributed by atoms with Crippen LogP contribution in [0.3, 0.4) is 0 Å². The molecular formula is C20H23NO4. The van der Waals surface area contributed by atoms with E-state index in [1.807, 2.05) is 6.08 Å². The zero-order valence-electron chi connectivity index (χ0n) is 14.3. The molecule has 0 aromatic heterocycles. The first-order valence-corrected chi connectivity index (χ1v) is 8.90. The first-order valence-electron chi connectivity index (χ1n) is 8.90. The van der Waals surface area contributed by atoms with Crippen molar-refractivity contribution in [2.45, 2.75) is 51.4 Å². The van der Waals surface area contributed by atoms with E-state index in [1.165, 1.54) is 0 Å². The van der Waals surface area contributed by atoms with Gasteiger partial charge in [-0.15, -0.1) is 6.58 Å². The van der Waals surface area contributed by atoms with E-state index in [0.717, 1.165) is 44.9 Å². The van der Waals surface area contributed by atoms with Gasteiger partial charge >= 0.3 is 5.97 Å². The number of hydrogen-bond acceptors (Lipinski definition) is 4. The summed E-state index contributed by atoms with van der Waals surface area (Å²) >= 11 is 0. The van der Waals surface area contributed by atoms with Crippen LogP contribution >= 0.6 is 0 Å². The maximum absolute atomic E-state index is 12.9. The van der Waals surface area contributed by atoms with Gasteiger partial charge in [-0.2, -0.15) is 0 Å². The summed E-state index contributed by atoms with van der Waals surface area (Å²) in [6.45, 7) is 3.72. The average molecular weight is 341 g/mol. The highest BCUT2D eigenvalue weighted by atomic mass is 16.7. The summed E-state index contributed by atoms with van der Waals surface area (Å²) in [6, 6.07) is 6.52. The quantitative estimate of drug-likeness (QED) is 0.445. The number of amides is 2. The number of fused-ring (bicyclic) bond motifs is 1. The van der Waals surface area contributed by atoms with Crippen molar-refractivity contribution in [3.63, 3.8) is 0 Å². The summed E-state index contributed by atoms with van der Waals surface area (Å²) in [5.74, 6) is -1.58. The van der Waals surface area contributed by atoms with Crippen LogP contribution in [0.25, 0.3) is 0 Å². The van der Waals surface area contributed by atoms with Crippen molar-refractivity contribution >= 4 is 17.8 Å². The van der Waals surface area contributed by atoms with E-state index >= 15 is 0 Å². The van der Waals surface area contributed by atoms with E-state index < -0.39 is 23.2 Å². The molecule has 3 rings (SSSR count). The fourth-order valence-corrected chi connectivity index (χ4v) is 3.80. The Balaban J connectivity index is 1.76. The average Bonchev–Trinajstić information content (AvgIpc) is 2.88. The van der Waals surface area contributed by atoms with Crippen molar-refractivity contribution in [1.29, 1.82) is 0 Å². The summed E-state index contributed by atoms with van der Waals surface area (Å²) in [6.07, 6.45) is 8.73. The zero-order chi connectivity index (χ0) is 17.9. The molecule has 2 amide bonds. The Kier molecular flexibility index (Phi) is 5.02. The third-order valence-corrected chi connectivity index (χ3v) is 5.24. The normalized spacial score (nSPS) is 18.8. The van der Waals surface area contributed by atoms with E-state index in [-0.39, 0.29) is 11.1 Å². The molecule has 1 aliphatic carbocycles. The second-order valence-electron chi connectivity index (χ2n) is 6.85. The van der Waals surface area contributed by atoms with Gasteiger partial charge in [0, 0.05) is 0 Å². The van der Waals surface area contributed by atoms with E-state index in [2.05, 4.69) is 6.58 Å². The third kappa shape index (κ3) is 3.23. The van der Waals surface area contributed by atoms with E-state index in [0.29, 0.717) is 11.5 Å². The van der Waals surface area contributed by atoms with Crippen molar-refractivity contribution in [2.24, 2.45) is 5.41 Å². The molecule has 0 saturated heterocycles. The van der Waals surface area contributed by atoms with Gasteiger partial charge in [0.2, 0.25) is 0 Å². The van der Waals surface area contributed by atoms with Crippen LogP contribution in [0, 0.1) is 5.41 Å². The van der Waals surface area contributed by atoms with Crippen LogP contribution in [0.15, 0.2) is 36.9 Å². The Hall–Kier alpha value is -2.43. The molecule has 1 fully saturated rings. The second-order valence-corrected chi connectivity index (χ2v) is 6.85. The fraction of sp³-hybridized carbons (Fsp3) is 0.450. The molecule has 132 valence electrons. The number of nitrogens with zero attached hydrogens (tertiary/aromatic N) is 1. The summed E-state index contributed by atoms with van der Waals surface area (Å²) in [5.41, 5.74) is -0.0364. The molecule has 5 nitrogen and oxygen atoms in total. The minimum atomic E-state index is -0.601. The summed E-state index contributed by atoms with van der Waals surface area (Å²) in [7, 11) is 0. The second kappa shape index (κ2) is 7.21. The van der Waals surface area contributed by atoms with Gasteiger partial charge in [0.1, 0.15) is 0 Å². The Bertz CT molecular complexity index is 668. The summed E-state index contributed by atoms with van der Waals surface area (Å²) in [5, 5.41) is 0.636. The van der Waals surface area contributed by atoms with Gasteiger partial charge in [0.05, 0.1) is 16.5 Å². The van der Waals surface area contributed by atoms with E-state index in [1.54, 1.807) is 24.3 Å². The highest BCUT2D eigenvalue weighted by Crippen LogP contribution is 2.42. The van der Waals surface area contributed by atoms with Crippen LogP contribution in [0.2, 0.25) is 0 Å². The van der Waals surface area contributed by atoms with Crippen LogP contribution in [-0.2, 0) is 9.63 Å². The molecule has 0 atom stereocenters. The summed E-state index contributed by atoms with van der Waals surface area (Å²) in [4.78, 5) is 43.1. The molecule has 2 aliphatic rings. The predicted octanol–water partition coefficient (Wildman–Crippen LogP) is 4.05. The molecule has 5 heteroatoms. The number of allylic oxidation sites excluding steroid dienone is 1. The van der Waals surface area contributed by atoms with E-state index in [9.17, 15) is 14.4 Å². The van der Waals surface area contributed by atoms with Crippen LogP contribution in [-0.4, -0.2) is 22.8 Å². The Morgan fingerprint density at radius 3 is 2.28 bits per heavy atom. The SMILES string of the molecule is C=CCCCC1(C(=O)ON2C(=O)c3ccccc3C2=O)CCCCC1. The highest BCUT2D eigenvalue weighted by Gasteiger charge is 2.45. The van der Waals surface area contributed by atoms with Gasteiger partial charge in [-0.25, -0.2) is 4.79 Å². The molecule has 0 N–H and O–H groups in total. The molecule has 0 spiro atoms. The maximum atomic E-state index is 12.9. The van der Waals surface area contributed by atoms with E-state index in [4.69, 9.17) is 4.84 Å². The molecule has 0 unspecified atom stereocenters. The lowest BCUT2D eigenvalue weighted by molar-refractivity contribution is -0.184. The van der Waals surface area contributed by atoms with Crippen molar-refractivity contribution in [3.8, 4) is 0 Å². The van der Waals surface area contributed by atoms with Gasteiger partial charge in [-0.05, 0) is 44.2 Å². The van der Waals surface area contributed by atoms with Gasteiger partial charge in [-0.3, -0.25) is 9.59 Å². The molecule has 1 heterocycles. The third-order valence-electron chi connectivity index (χ3n) is 5.24. The highest BCUT2D eigenvalue weighted by molar-refractivity contribution is 6.20. The molecule has 25 heavy (non-hydrogen) atoms. The van der Waals surface area contributed by atoms with Crippen molar-refractivity contribution < 1.29 is 19.2 Å². The predicted molar refractivity (Wildman–Crippen MR) is 92.6 cm³/mol. The standard InChI is InChI=1S/C20H23NO4/c1-2-3-7-12-20(13-8-4-9-14-20)19(24)25-21-17(22)15-10-5-6-11-16(15)18(21)23/h2,5-6,10-11H,1,3-4,7-9,12-14H2. The minimum Gasteiger partial charge on any atom is -0.329 e. The van der Waals surface area contributed by atoms with Crippen LogP contribution in [0.5, 0.6) is 0 Å². The Morgan fingerprint density at radius 2 is 1.72 bits per heavy atom. The lowest BCUT2D eigenvalue weighted by Gasteiger charge is -2.35. The number of hydroxylamine groups is 2. The molecule has 0 bridgehead atoms. The Labute approximate surface area is 147 Å². The number of carbonyl (C=O) groups is 3. The molecular weight excluding hydrogens is 318 g/mol. The number of hydrogen-bond donors (Lipinski definition) is 0. The van der Waals surface area contributed by atoms with Gasteiger partial charge in [-0.1, -0.05) is 42.5 Å². The topological polar surface area (TPSA) is 63.7 Å². The number of carbonyl (C=O) groups excluding carboxylic acids is 3. The van der Waals surface area contributed by atoms with Gasteiger partial charge in [0.15, 0.2) is 0 Å². The number of rotatable bonds is 6. The lowest BCUT2D eigenvalue weighted by atomic mass is 9.71. The first kappa shape index (κ1) is 17.4. The summed E-state index contributed by atoms with van der Waals surface area (Å²) < 4.78 is 0. The monoisotopic (exact) mass is 341 g/mol. The lowest BCUT2D eigenvalue weighted by Crippen LogP contribution is -2.41. The van der Waals surface area contributed by atoms with Gasteiger partial charge in [0.25, 0.3) is 11.8 Å². The largest absolute Gasteiger partial charge is 0.339 e. The minimum absolute atomic E-state index is 0.282. The fourth-order valence-electron chi connectivity index (χ4n) is 3.80. The number of unbranched alkanes of at least 4 members (excludes halogenated alkanes) is 1. The number of imide groups is 1.